The van der Waals surface area contributed by atoms with Crippen molar-refractivity contribution in [3.8, 4) is 0 Å². The molecule has 0 aromatic heterocycles. The van der Waals surface area contributed by atoms with E-state index >= 15 is 0 Å². The summed E-state index contributed by atoms with van der Waals surface area (Å²) in [7, 11) is -1.47. The van der Waals surface area contributed by atoms with Crippen LogP contribution in [-0.2, 0) is 0 Å². The number of benzene rings is 1. The normalized spacial score (nSPS) is 13.2. The van der Waals surface area contributed by atoms with Gasteiger partial charge in [0.25, 0.3) is 0 Å². The molecule has 0 N–H and O–H groups in total. The number of hydrogen-bond acceptors (Lipinski definition) is 0. The molecule has 106 valence electrons. The van der Waals surface area contributed by atoms with Crippen LogP contribution in [0.15, 0.2) is 30.0 Å². The van der Waals surface area contributed by atoms with Crippen molar-refractivity contribution in [3.63, 3.8) is 0 Å². The van der Waals surface area contributed by atoms with E-state index in [4.69, 9.17) is 11.6 Å². The van der Waals surface area contributed by atoms with Crippen molar-refractivity contribution < 1.29 is 0 Å². The van der Waals surface area contributed by atoms with Gasteiger partial charge in [0.05, 0.1) is 8.07 Å². The largest absolute Gasteiger partial charge is 0.0928 e. The lowest BCUT2D eigenvalue weighted by Gasteiger charge is -2.40. The highest BCUT2D eigenvalue weighted by molar-refractivity contribution is 6.88. The van der Waals surface area contributed by atoms with Gasteiger partial charge in [0.1, 0.15) is 0 Å². The summed E-state index contributed by atoms with van der Waals surface area (Å²) in [6.45, 7) is 14.3. The molecule has 0 bridgehead atoms. The highest BCUT2D eigenvalue weighted by atomic mass is 35.5. The molecule has 0 atom stereocenters. The molecular weight excluding hydrogens is 268 g/mol. The molecule has 0 spiro atoms. The molecule has 1 aromatic carbocycles. The van der Waals surface area contributed by atoms with E-state index in [1.165, 1.54) is 0 Å². The fourth-order valence-corrected chi connectivity index (χ4v) is 9.24. The molecule has 0 radical (unpaired) electrons. The van der Waals surface area contributed by atoms with E-state index in [1.807, 2.05) is 12.1 Å². The third-order valence-corrected chi connectivity index (χ3v) is 11.5. The van der Waals surface area contributed by atoms with Gasteiger partial charge >= 0.3 is 0 Å². The molecule has 0 nitrogen and oxygen atoms in total. The fraction of sp³-hybridized carbons (Fsp3) is 0.529. The first-order chi connectivity index (χ1) is 8.82. The predicted octanol–water partition coefficient (Wildman–Crippen LogP) is 6.57. The molecule has 0 aliphatic rings. The lowest BCUT2D eigenvalue weighted by Crippen LogP contribution is -2.42. The van der Waals surface area contributed by atoms with Crippen molar-refractivity contribution >= 4 is 25.8 Å². The molecule has 2 heteroatoms. The zero-order chi connectivity index (χ0) is 14.6. The minimum atomic E-state index is -1.47. The van der Waals surface area contributed by atoms with Crippen molar-refractivity contribution in [1.29, 1.82) is 0 Å². The molecular formula is C17H27ClSi. The van der Waals surface area contributed by atoms with Crippen LogP contribution in [0.25, 0.3) is 6.08 Å². The van der Waals surface area contributed by atoms with Crippen LogP contribution >= 0.6 is 11.6 Å². The van der Waals surface area contributed by atoms with Crippen LogP contribution in [0.2, 0.25) is 21.6 Å². The molecule has 0 aliphatic carbocycles. The number of rotatable bonds is 5. The zero-order valence-electron chi connectivity index (χ0n) is 13.1. The quantitative estimate of drug-likeness (QED) is 0.539. The second kappa shape index (κ2) is 6.76. The van der Waals surface area contributed by atoms with Crippen LogP contribution in [0.5, 0.6) is 0 Å². The summed E-state index contributed by atoms with van der Waals surface area (Å²) in [4.78, 5) is 0. The van der Waals surface area contributed by atoms with Gasteiger partial charge in [-0.1, -0.05) is 83.1 Å². The Bertz CT molecular complexity index is 411. The van der Waals surface area contributed by atoms with Crippen LogP contribution in [0.1, 0.15) is 47.1 Å². The maximum absolute atomic E-state index is 6.26. The molecule has 0 saturated carbocycles. The Balaban J connectivity index is 3.18. The molecule has 0 unspecified atom stereocenters. The Kier molecular flexibility index (Phi) is 5.88. The third kappa shape index (κ3) is 3.52. The molecule has 0 aliphatic heterocycles. The van der Waals surface area contributed by atoms with E-state index in [9.17, 15) is 0 Å². The predicted molar refractivity (Wildman–Crippen MR) is 91.5 cm³/mol. The average molecular weight is 295 g/mol. The maximum Gasteiger partial charge on any atom is 0.0853 e. The summed E-state index contributed by atoms with van der Waals surface area (Å²) in [5.41, 5.74) is 5.89. The van der Waals surface area contributed by atoms with Gasteiger partial charge in [0, 0.05) is 5.02 Å². The highest BCUT2D eigenvalue weighted by Crippen LogP contribution is 2.42. The SMILES string of the molecule is CC(C)[Si](/C=C/c1ccccc1Cl)(C(C)C)C(C)C. The van der Waals surface area contributed by atoms with Crippen molar-refractivity contribution in [3.05, 3.63) is 40.6 Å². The van der Waals surface area contributed by atoms with Gasteiger partial charge in [-0.05, 0) is 28.3 Å². The Morgan fingerprint density at radius 2 is 1.37 bits per heavy atom. The summed E-state index contributed by atoms with van der Waals surface area (Å²) < 4.78 is 0. The molecule has 1 rings (SSSR count). The average Bonchev–Trinajstić information content (AvgIpc) is 2.30. The Morgan fingerprint density at radius 1 is 0.895 bits per heavy atom. The lowest BCUT2D eigenvalue weighted by molar-refractivity contribution is 0.834. The maximum atomic E-state index is 6.26. The first-order valence-electron chi connectivity index (χ1n) is 7.26. The smallest absolute Gasteiger partial charge is 0.0853 e. The summed E-state index contributed by atoms with van der Waals surface area (Å²) in [5.74, 6) is 0. The molecule has 0 amide bonds. The fourth-order valence-electron chi connectivity index (χ4n) is 3.42. The minimum absolute atomic E-state index is 0.742. The molecule has 0 heterocycles. The van der Waals surface area contributed by atoms with E-state index in [-0.39, 0.29) is 0 Å². The van der Waals surface area contributed by atoms with Crippen LogP contribution in [-0.4, -0.2) is 8.07 Å². The second-order valence-corrected chi connectivity index (χ2v) is 12.5. The summed E-state index contributed by atoms with van der Waals surface area (Å²) in [6.07, 6.45) is 2.26. The van der Waals surface area contributed by atoms with Gasteiger partial charge in [-0.25, -0.2) is 0 Å². The number of halogens is 1. The highest BCUT2D eigenvalue weighted by Gasteiger charge is 2.40. The molecule has 19 heavy (non-hydrogen) atoms. The molecule has 0 fully saturated rings. The van der Waals surface area contributed by atoms with E-state index < -0.39 is 8.07 Å². The van der Waals surface area contributed by atoms with E-state index in [0.717, 1.165) is 27.2 Å². The van der Waals surface area contributed by atoms with E-state index in [0.29, 0.717) is 0 Å². The third-order valence-electron chi connectivity index (χ3n) is 4.46. The topological polar surface area (TPSA) is 0 Å². The Labute approximate surface area is 124 Å². The van der Waals surface area contributed by atoms with Crippen LogP contribution in [0.3, 0.4) is 0 Å². The van der Waals surface area contributed by atoms with Gasteiger partial charge in [0.15, 0.2) is 0 Å². The monoisotopic (exact) mass is 294 g/mol. The lowest BCUT2D eigenvalue weighted by atomic mass is 10.2. The second-order valence-electron chi connectivity index (χ2n) is 6.32. The van der Waals surface area contributed by atoms with Gasteiger partial charge in [0.2, 0.25) is 0 Å². The van der Waals surface area contributed by atoms with Crippen LogP contribution in [0, 0.1) is 0 Å². The van der Waals surface area contributed by atoms with Crippen molar-refractivity contribution in [2.24, 2.45) is 0 Å². The summed E-state index contributed by atoms with van der Waals surface area (Å²) in [6, 6.07) is 8.09. The first kappa shape index (κ1) is 16.5. The van der Waals surface area contributed by atoms with Gasteiger partial charge in [-0.15, -0.1) is 0 Å². The zero-order valence-corrected chi connectivity index (χ0v) is 14.8. The van der Waals surface area contributed by atoms with Crippen molar-refractivity contribution in [2.75, 3.05) is 0 Å². The van der Waals surface area contributed by atoms with Crippen molar-refractivity contribution in [1.82, 2.24) is 0 Å². The van der Waals surface area contributed by atoms with Gasteiger partial charge < -0.3 is 0 Å². The first-order valence-corrected chi connectivity index (χ1v) is 9.94. The molecule has 0 saturated heterocycles. The summed E-state index contributed by atoms with van der Waals surface area (Å²) in [5, 5.41) is 0.845. The summed E-state index contributed by atoms with van der Waals surface area (Å²) >= 11 is 6.26. The van der Waals surface area contributed by atoms with Gasteiger partial charge in [-0.2, -0.15) is 0 Å². The Hall–Kier alpha value is -0.533. The Morgan fingerprint density at radius 3 is 1.79 bits per heavy atom. The number of hydrogen-bond donors (Lipinski definition) is 0. The van der Waals surface area contributed by atoms with Gasteiger partial charge in [-0.3, -0.25) is 0 Å². The van der Waals surface area contributed by atoms with E-state index in [1.54, 1.807) is 0 Å². The standard InChI is InChI=1S/C17H27ClSi/c1-13(2)19(14(3)4,15(5)6)12-11-16-9-7-8-10-17(16)18/h7-15H,1-6H3/b12-11+. The van der Waals surface area contributed by atoms with Crippen LogP contribution in [0.4, 0.5) is 0 Å². The minimum Gasteiger partial charge on any atom is -0.0928 e. The van der Waals surface area contributed by atoms with Crippen molar-refractivity contribution in [2.45, 2.75) is 58.2 Å². The molecule has 1 aromatic rings. The van der Waals surface area contributed by atoms with Crippen LogP contribution < -0.4 is 0 Å². The van der Waals surface area contributed by atoms with E-state index in [2.05, 4.69) is 65.5 Å².